The molecule has 0 bridgehead atoms. The number of hydrogen-bond acceptors (Lipinski definition) is 4. The summed E-state index contributed by atoms with van der Waals surface area (Å²) in [6, 6.07) is 7.86. The average molecular weight is 343 g/mol. The quantitative estimate of drug-likeness (QED) is 0.884. The molecule has 5 heteroatoms. The largest absolute Gasteiger partial charge is 0.387 e. The molecule has 1 N–H and O–H groups in total. The van der Waals surface area contributed by atoms with Gasteiger partial charge in [0.1, 0.15) is 0 Å². The van der Waals surface area contributed by atoms with Gasteiger partial charge in [-0.2, -0.15) is 0 Å². The maximum atomic E-state index is 10.3. The molecule has 1 aliphatic rings. The van der Waals surface area contributed by atoms with Crippen molar-refractivity contribution < 1.29 is 9.84 Å². The normalized spacial score (nSPS) is 22.1. The van der Waals surface area contributed by atoms with Gasteiger partial charge < -0.3 is 14.7 Å². The van der Waals surface area contributed by atoms with Gasteiger partial charge in [-0.3, -0.25) is 4.90 Å². The Kier molecular flexibility index (Phi) is 5.99. The van der Waals surface area contributed by atoms with Gasteiger partial charge >= 0.3 is 0 Å². The molecular weight excluding hydrogens is 320 g/mol. The molecule has 4 nitrogen and oxygen atoms in total. The van der Waals surface area contributed by atoms with E-state index in [4.69, 9.17) is 4.74 Å². The summed E-state index contributed by atoms with van der Waals surface area (Å²) in [6.07, 6.45) is -0.211. The molecular formula is C15H23BrN2O2. The molecule has 1 aromatic carbocycles. The third-order valence-electron chi connectivity index (χ3n) is 3.48. The third kappa shape index (κ3) is 4.82. The highest BCUT2D eigenvalue weighted by Crippen LogP contribution is 2.19. The zero-order chi connectivity index (χ0) is 14.5. The molecule has 1 aliphatic heterocycles. The zero-order valence-corrected chi connectivity index (χ0v) is 13.7. The van der Waals surface area contributed by atoms with Crippen LogP contribution in [0.15, 0.2) is 28.7 Å². The number of morpholine rings is 1. The Morgan fingerprint density at radius 2 is 2.10 bits per heavy atom. The fourth-order valence-electron chi connectivity index (χ4n) is 2.50. The van der Waals surface area contributed by atoms with E-state index >= 15 is 0 Å². The smallest absolute Gasteiger partial charge is 0.0916 e. The number of likely N-dealkylation sites (N-methyl/N-ethyl adjacent to an activating group) is 1. The van der Waals surface area contributed by atoms with Crippen molar-refractivity contribution in [2.45, 2.75) is 12.2 Å². The maximum Gasteiger partial charge on any atom is 0.0916 e. The molecule has 1 heterocycles. The Bertz CT molecular complexity index is 411. The Balaban J connectivity index is 1.87. The van der Waals surface area contributed by atoms with Gasteiger partial charge in [-0.25, -0.2) is 0 Å². The highest BCUT2D eigenvalue weighted by molar-refractivity contribution is 9.10. The number of ether oxygens (including phenoxy) is 1. The Labute approximate surface area is 129 Å². The third-order valence-corrected chi connectivity index (χ3v) is 4.01. The van der Waals surface area contributed by atoms with Crippen molar-refractivity contribution in [3.63, 3.8) is 0 Å². The van der Waals surface area contributed by atoms with Gasteiger partial charge in [0.2, 0.25) is 0 Å². The lowest BCUT2D eigenvalue weighted by atomic mass is 10.1. The Morgan fingerprint density at radius 1 is 1.40 bits per heavy atom. The fourth-order valence-corrected chi connectivity index (χ4v) is 2.76. The summed E-state index contributed by atoms with van der Waals surface area (Å²) in [7, 11) is 4.11. The summed E-state index contributed by atoms with van der Waals surface area (Å²) >= 11 is 3.41. The molecule has 0 aliphatic carbocycles. The molecule has 1 fully saturated rings. The standard InChI is InChI=1S/C15H23BrN2O2/c1-17(2)9-14-10-18(7-8-20-14)11-15(19)12-3-5-13(16)6-4-12/h3-6,14-15,19H,7-11H2,1-2H3/t14-,15-/m1/s1. The highest BCUT2D eigenvalue weighted by atomic mass is 79.9. The lowest BCUT2D eigenvalue weighted by molar-refractivity contribution is -0.0489. The average Bonchev–Trinajstić information content (AvgIpc) is 2.39. The molecule has 2 atom stereocenters. The van der Waals surface area contributed by atoms with E-state index in [0.717, 1.165) is 36.3 Å². The molecule has 0 radical (unpaired) electrons. The van der Waals surface area contributed by atoms with Crippen molar-refractivity contribution in [2.75, 3.05) is 46.9 Å². The van der Waals surface area contributed by atoms with E-state index in [-0.39, 0.29) is 6.10 Å². The number of aliphatic hydroxyl groups is 1. The first-order valence-corrected chi connectivity index (χ1v) is 7.76. The van der Waals surface area contributed by atoms with Crippen LogP contribution in [-0.2, 0) is 4.74 Å². The van der Waals surface area contributed by atoms with Crippen molar-refractivity contribution in [1.29, 1.82) is 0 Å². The number of benzene rings is 1. The van der Waals surface area contributed by atoms with E-state index < -0.39 is 6.10 Å². The van der Waals surface area contributed by atoms with Crippen LogP contribution in [0.2, 0.25) is 0 Å². The fraction of sp³-hybridized carbons (Fsp3) is 0.600. The lowest BCUT2D eigenvalue weighted by Gasteiger charge is -2.35. The van der Waals surface area contributed by atoms with Crippen LogP contribution in [-0.4, -0.2) is 67.9 Å². The van der Waals surface area contributed by atoms with Gasteiger partial charge in [0.25, 0.3) is 0 Å². The number of β-amino-alcohol motifs (C(OH)–C–C–N with tert-alkyl or cyclic N) is 1. The maximum absolute atomic E-state index is 10.3. The second-order valence-corrected chi connectivity index (χ2v) is 6.50. The van der Waals surface area contributed by atoms with Gasteiger partial charge in [0.15, 0.2) is 0 Å². The van der Waals surface area contributed by atoms with Gasteiger partial charge in [0, 0.05) is 30.7 Å². The van der Waals surface area contributed by atoms with Crippen LogP contribution in [0.4, 0.5) is 0 Å². The minimum atomic E-state index is -0.443. The predicted octanol–water partition coefficient (Wildman–Crippen LogP) is 1.74. The second kappa shape index (κ2) is 7.52. The number of hydrogen-bond donors (Lipinski definition) is 1. The molecule has 0 saturated carbocycles. The molecule has 0 aromatic heterocycles. The van der Waals surface area contributed by atoms with E-state index in [0.29, 0.717) is 6.54 Å². The molecule has 0 amide bonds. The predicted molar refractivity (Wildman–Crippen MR) is 83.8 cm³/mol. The van der Waals surface area contributed by atoms with Crippen LogP contribution in [0.1, 0.15) is 11.7 Å². The van der Waals surface area contributed by atoms with Crippen molar-refractivity contribution in [3.05, 3.63) is 34.3 Å². The molecule has 1 aromatic rings. The number of nitrogens with zero attached hydrogens (tertiary/aromatic N) is 2. The first-order chi connectivity index (χ1) is 9.54. The molecule has 0 spiro atoms. The van der Waals surface area contributed by atoms with Crippen molar-refractivity contribution in [2.24, 2.45) is 0 Å². The number of rotatable bonds is 5. The van der Waals surface area contributed by atoms with Gasteiger partial charge in [-0.1, -0.05) is 28.1 Å². The summed E-state index contributed by atoms with van der Waals surface area (Å²) in [4.78, 5) is 4.42. The first-order valence-electron chi connectivity index (χ1n) is 6.97. The topological polar surface area (TPSA) is 35.9 Å². The SMILES string of the molecule is CN(C)C[C@@H]1CN(C[C@@H](O)c2ccc(Br)cc2)CCO1. The van der Waals surface area contributed by atoms with E-state index in [2.05, 4.69) is 39.8 Å². The summed E-state index contributed by atoms with van der Waals surface area (Å²) < 4.78 is 6.78. The molecule has 1 saturated heterocycles. The Morgan fingerprint density at radius 3 is 2.75 bits per heavy atom. The second-order valence-electron chi connectivity index (χ2n) is 5.58. The van der Waals surface area contributed by atoms with E-state index in [1.165, 1.54) is 0 Å². The van der Waals surface area contributed by atoms with Crippen LogP contribution >= 0.6 is 15.9 Å². The lowest BCUT2D eigenvalue weighted by Crippen LogP contribution is -2.47. The van der Waals surface area contributed by atoms with Crippen LogP contribution < -0.4 is 0 Å². The first kappa shape index (κ1) is 15.9. The van der Waals surface area contributed by atoms with E-state index in [9.17, 15) is 5.11 Å². The summed E-state index contributed by atoms with van der Waals surface area (Å²) in [6.45, 7) is 4.09. The van der Waals surface area contributed by atoms with Crippen LogP contribution in [0, 0.1) is 0 Å². The molecule has 112 valence electrons. The van der Waals surface area contributed by atoms with Crippen LogP contribution in [0.25, 0.3) is 0 Å². The summed E-state index contributed by atoms with van der Waals surface area (Å²) in [5, 5.41) is 10.3. The molecule has 0 unspecified atom stereocenters. The van der Waals surface area contributed by atoms with Crippen molar-refractivity contribution in [3.8, 4) is 0 Å². The van der Waals surface area contributed by atoms with Crippen molar-refractivity contribution in [1.82, 2.24) is 9.80 Å². The zero-order valence-electron chi connectivity index (χ0n) is 12.1. The van der Waals surface area contributed by atoms with Gasteiger partial charge in [-0.05, 0) is 31.8 Å². The van der Waals surface area contributed by atoms with E-state index in [1.807, 2.05) is 24.3 Å². The summed E-state index contributed by atoms with van der Waals surface area (Å²) in [5.41, 5.74) is 0.962. The monoisotopic (exact) mass is 342 g/mol. The molecule has 20 heavy (non-hydrogen) atoms. The van der Waals surface area contributed by atoms with Crippen molar-refractivity contribution >= 4 is 15.9 Å². The number of halogens is 1. The molecule has 2 rings (SSSR count). The summed E-state index contributed by atoms with van der Waals surface area (Å²) in [5.74, 6) is 0. The number of aliphatic hydroxyl groups excluding tert-OH is 1. The van der Waals surface area contributed by atoms with Crippen LogP contribution in [0.5, 0.6) is 0 Å². The van der Waals surface area contributed by atoms with E-state index in [1.54, 1.807) is 0 Å². The minimum absolute atomic E-state index is 0.232. The minimum Gasteiger partial charge on any atom is -0.387 e. The Hall–Kier alpha value is -0.460. The van der Waals surface area contributed by atoms with Gasteiger partial charge in [0.05, 0.1) is 18.8 Å². The highest BCUT2D eigenvalue weighted by Gasteiger charge is 2.23. The van der Waals surface area contributed by atoms with Gasteiger partial charge in [-0.15, -0.1) is 0 Å². The van der Waals surface area contributed by atoms with Crippen LogP contribution in [0.3, 0.4) is 0 Å².